The lowest BCUT2D eigenvalue weighted by Gasteiger charge is -2.39. The maximum absolute atomic E-state index is 5.27. The lowest BCUT2D eigenvalue weighted by atomic mass is 9.92. The van der Waals surface area contributed by atoms with Crippen molar-refractivity contribution >= 4 is 17.3 Å². The molecule has 0 aromatic rings. The molecule has 0 aromatic heterocycles. The van der Waals surface area contributed by atoms with Crippen LogP contribution >= 0.6 is 12.2 Å². The molecule has 0 unspecified atom stereocenters. The van der Waals surface area contributed by atoms with Crippen LogP contribution in [-0.2, 0) is 0 Å². The van der Waals surface area contributed by atoms with Crippen molar-refractivity contribution in [3.8, 4) is 0 Å². The third-order valence-corrected chi connectivity index (χ3v) is 3.47. The number of piperidine rings is 1. The minimum Gasteiger partial charge on any atom is -0.366 e. The van der Waals surface area contributed by atoms with Gasteiger partial charge in [0.2, 0.25) is 0 Å². The van der Waals surface area contributed by atoms with E-state index in [0.717, 1.165) is 17.6 Å². The summed E-state index contributed by atoms with van der Waals surface area (Å²) in [6, 6.07) is 0.614. The molecule has 76 valence electrons. The Morgan fingerprint density at radius 3 is 2.77 bits per heavy atom. The smallest absolute Gasteiger partial charge is 0.168 e. The molecule has 0 saturated carbocycles. The first-order valence-electron chi connectivity index (χ1n) is 5.17. The highest BCUT2D eigenvalue weighted by Gasteiger charge is 2.25. The predicted molar refractivity (Wildman–Crippen MR) is 60.8 cm³/mol. The number of nitrogens with zero attached hydrogens (tertiary/aromatic N) is 1. The molecule has 13 heavy (non-hydrogen) atoms. The van der Waals surface area contributed by atoms with Crippen molar-refractivity contribution < 1.29 is 0 Å². The van der Waals surface area contributed by atoms with Gasteiger partial charge in [0.1, 0.15) is 0 Å². The Morgan fingerprint density at radius 1 is 1.54 bits per heavy atom. The summed E-state index contributed by atoms with van der Waals surface area (Å²) < 4.78 is 0. The number of rotatable bonds is 1. The van der Waals surface area contributed by atoms with Crippen molar-refractivity contribution in [2.45, 2.75) is 39.2 Å². The second-order valence-corrected chi connectivity index (χ2v) is 4.29. The fourth-order valence-corrected chi connectivity index (χ4v) is 2.20. The predicted octanol–water partition coefficient (Wildman–Crippen LogP) is 2.00. The van der Waals surface area contributed by atoms with E-state index in [-0.39, 0.29) is 0 Å². The molecule has 1 rings (SSSR count). The highest BCUT2D eigenvalue weighted by Crippen LogP contribution is 2.23. The van der Waals surface area contributed by atoms with Crippen molar-refractivity contribution in [1.29, 1.82) is 0 Å². The summed E-state index contributed by atoms with van der Waals surface area (Å²) in [6.07, 6.45) is 3.91. The molecule has 3 heteroatoms. The van der Waals surface area contributed by atoms with E-state index in [4.69, 9.17) is 12.2 Å². The second kappa shape index (κ2) is 4.80. The summed E-state index contributed by atoms with van der Waals surface area (Å²) in [5.74, 6) is 0.836. The molecular formula is C10H20N2S. The Morgan fingerprint density at radius 2 is 2.23 bits per heavy atom. The normalized spacial score (nSPS) is 28.7. The molecule has 0 radical (unpaired) electrons. The molecular weight excluding hydrogens is 180 g/mol. The van der Waals surface area contributed by atoms with Crippen LogP contribution in [0, 0.1) is 5.92 Å². The first-order valence-corrected chi connectivity index (χ1v) is 5.58. The topological polar surface area (TPSA) is 15.3 Å². The van der Waals surface area contributed by atoms with Crippen LogP contribution in [-0.4, -0.2) is 29.6 Å². The van der Waals surface area contributed by atoms with Gasteiger partial charge >= 0.3 is 0 Å². The summed E-state index contributed by atoms with van der Waals surface area (Å²) in [7, 11) is 1.91. The Balaban J connectivity index is 2.54. The molecule has 1 aliphatic heterocycles. The summed E-state index contributed by atoms with van der Waals surface area (Å²) in [4.78, 5) is 2.33. The molecule has 1 saturated heterocycles. The monoisotopic (exact) mass is 200 g/mol. The van der Waals surface area contributed by atoms with E-state index in [1.165, 1.54) is 19.3 Å². The van der Waals surface area contributed by atoms with E-state index >= 15 is 0 Å². The average Bonchev–Trinajstić information content (AvgIpc) is 2.17. The summed E-state index contributed by atoms with van der Waals surface area (Å²) >= 11 is 5.27. The van der Waals surface area contributed by atoms with Crippen LogP contribution in [0.1, 0.15) is 33.1 Å². The second-order valence-electron chi connectivity index (χ2n) is 3.91. The van der Waals surface area contributed by atoms with Crippen molar-refractivity contribution in [2.24, 2.45) is 5.92 Å². The molecule has 1 aliphatic rings. The average molecular weight is 200 g/mol. The van der Waals surface area contributed by atoms with Gasteiger partial charge in [0, 0.05) is 19.6 Å². The Bertz CT molecular complexity index is 182. The van der Waals surface area contributed by atoms with Crippen molar-refractivity contribution in [2.75, 3.05) is 13.6 Å². The van der Waals surface area contributed by atoms with E-state index < -0.39 is 0 Å². The van der Waals surface area contributed by atoms with Crippen LogP contribution in [0.4, 0.5) is 0 Å². The summed E-state index contributed by atoms with van der Waals surface area (Å²) in [6.45, 7) is 5.66. The summed E-state index contributed by atoms with van der Waals surface area (Å²) in [5.41, 5.74) is 0. The van der Waals surface area contributed by atoms with E-state index in [1.54, 1.807) is 0 Å². The zero-order valence-electron chi connectivity index (χ0n) is 8.84. The molecule has 0 amide bonds. The van der Waals surface area contributed by atoms with Gasteiger partial charge in [-0.1, -0.05) is 13.3 Å². The highest BCUT2D eigenvalue weighted by molar-refractivity contribution is 7.80. The van der Waals surface area contributed by atoms with Gasteiger partial charge in [-0.05, 0) is 37.9 Å². The third-order valence-electron chi connectivity index (χ3n) is 3.03. The maximum atomic E-state index is 5.27. The number of nitrogens with one attached hydrogen (secondary N) is 1. The molecule has 0 bridgehead atoms. The lowest BCUT2D eigenvalue weighted by molar-refractivity contribution is 0.192. The standard InChI is InChI=1S/C10H20N2S/c1-4-9-6-5-8(2)12(7-9)10(13)11-3/h8-9H,4-7H2,1-3H3,(H,11,13)/t8-,9+/m0/s1. The molecule has 1 heterocycles. The molecule has 0 spiro atoms. The molecule has 1 N–H and O–H groups in total. The summed E-state index contributed by atoms with van der Waals surface area (Å²) in [5, 5.41) is 3.98. The van der Waals surface area contributed by atoms with E-state index in [9.17, 15) is 0 Å². The first-order chi connectivity index (χ1) is 6.19. The molecule has 0 aliphatic carbocycles. The van der Waals surface area contributed by atoms with E-state index in [0.29, 0.717) is 6.04 Å². The van der Waals surface area contributed by atoms with Gasteiger partial charge in [0.25, 0.3) is 0 Å². The molecule has 2 atom stereocenters. The van der Waals surface area contributed by atoms with Crippen molar-refractivity contribution in [3.63, 3.8) is 0 Å². The van der Waals surface area contributed by atoms with Crippen LogP contribution < -0.4 is 5.32 Å². The largest absolute Gasteiger partial charge is 0.366 e. The number of hydrogen-bond acceptors (Lipinski definition) is 1. The Labute approximate surface area is 86.7 Å². The number of likely N-dealkylation sites (tertiary alicyclic amines) is 1. The minimum absolute atomic E-state index is 0.614. The lowest BCUT2D eigenvalue weighted by Crippen LogP contribution is -2.48. The van der Waals surface area contributed by atoms with Gasteiger partial charge in [0.05, 0.1) is 0 Å². The van der Waals surface area contributed by atoms with Gasteiger partial charge in [-0.25, -0.2) is 0 Å². The van der Waals surface area contributed by atoms with Crippen molar-refractivity contribution in [1.82, 2.24) is 10.2 Å². The van der Waals surface area contributed by atoms with Gasteiger partial charge in [0.15, 0.2) is 5.11 Å². The van der Waals surface area contributed by atoms with Crippen LogP contribution in [0.3, 0.4) is 0 Å². The minimum atomic E-state index is 0.614. The van der Waals surface area contributed by atoms with Gasteiger partial charge < -0.3 is 10.2 Å². The first kappa shape index (κ1) is 10.8. The van der Waals surface area contributed by atoms with Gasteiger partial charge in [-0.15, -0.1) is 0 Å². The van der Waals surface area contributed by atoms with Crippen LogP contribution in [0.25, 0.3) is 0 Å². The maximum Gasteiger partial charge on any atom is 0.168 e. The third kappa shape index (κ3) is 2.56. The van der Waals surface area contributed by atoms with Crippen LogP contribution in [0.5, 0.6) is 0 Å². The van der Waals surface area contributed by atoms with Crippen molar-refractivity contribution in [3.05, 3.63) is 0 Å². The molecule has 1 fully saturated rings. The molecule has 0 aromatic carbocycles. The Hall–Kier alpha value is -0.310. The fraction of sp³-hybridized carbons (Fsp3) is 0.900. The van der Waals surface area contributed by atoms with Crippen LogP contribution in [0.2, 0.25) is 0 Å². The number of hydrogen-bond donors (Lipinski definition) is 1. The Kier molecular flexibility index (Phi) is 3.97. The van der Waals surface area contributed by atoms with Gasteiger partial charge in [-0.3, -0.25) is 0 Å². The number of thiocarbonyl (C=S) groups is 1. The zero-order valence-corrected chi connectivity index (χ0v) is 9.66. The van der Waals surface area contributed by atoms with Gasteiger partial charge in [-0.2, -0.15) is 0 Å². The van der Waals surface area contributed by atoms with Crippen LogP contribution in [0.15, 0.2) is 0 Å². The quantitative estimate of drug-likeness (QED) is 0.652. The zero-order chi connectivity index (χ0) is 9.84. The SMILES string of the molecule is CC[C@@H]1CC[C@H](C)N(C(=S)NC)C1. The highest BCUT2D eigenvalue weighted by atomic mass is 32.1. The van der Waals surface area contributed by atoms with E-state index in [2.05, 4.69) is 24.1 Å². The van der Waals surface area contributed by atoms with E-state index in [1.807, 2.05) is 7.05 Å². The fourth-order valence-electron chi connectivity index (χ4n) is 1.94. The molecule has 2 nitrogen and oxygen atoms in total.